The summed E-state index contributed by atoms with van der Waals surface area (Å²) in [5, 5.41) is 2.53. The molecule has 2 heterocycles. The second-order valence-corrected chi connectivity index (χ2v) is 5.03. The zero-order valence-electron chi connectivity index (χ0n) is 10.1. The second kappa shape index (κ2) is 5.54. The number of Topliss-reactive ketones (excluding diaryl/α,β-unsaturated/α-hetero) is 1. The van der Waals surface area contributed by atoms with Crippen molar-refractivity contribution in [2.75, 3.05) is 17.8 Å². The van der Waals surface area contributed by atoms with Gasteiger partial charge in [-0.2, -0.15) is 0 Å². The largest absolute Gasteiger partial charge is 0.469 e. The Balaban J connectivity index is 2.10. The van der Waals surface area contributed by atoms with E-state index in [4.69, 9.17) is 16.0 Å². The van der Waals surface area contributed by atoms with E-state index in [-0.39, 0.29) is 11.7 Å². The highest BCUT2D eigenvalue weighted by Crippen LogP contribution is 2.22. The fourth-order valence-electron chi connectivity index (χ4n) is 1.53. The van der Waals surface area contributed by atoms with Gasteiger partial charge in [0, 0.05) is 24.5 Å². The van der Waals surface area contributed by atoms with Crippen LogP contribution in [-0.2, 0) is 6.54 Å². The molecule has 0 N–H and O–H groups in total. The minimum atomic E-state index is -0.146. The number of rotatable bonds is 5. The maximum atomic E-state index is 11.4. The van der Waals surface area contributed by atoms with E-state index in [2.05, 4.69) is 4.98 Å². The summed E-state index contributed by atoms with van der Waals surface area (Å²) < 4.78 is 5.25. The first-order valence-corrected chi connectivity index (χ1v) is 6.82. The average Bonchev–Trinajstić information content (AvgIpc) is 2.98. The third-order valence-corrected chi connectivity index (χ3v) is 3.80. The Bertz CT molecular complexity index is 550. The fraction of sp³-hybridized carbons (Fsp3) is 0.333. The van der Waals surface area contributed by atoms with Crippen LogP contribution in [0.4, 0.5) is 5.13 Å². The van der Waals surface area contributed by atoms with Gasteiger partial charge in [-0.05, 0) is 13.0 Å². The minimum Gasteiger partial charge on any atom is -0.469 e. The molecule has 0 spiro atoms. The van der Waals surface area contributed by atoms with E-state index in [1.165, 1.54) is 11.3 Å². The first kappa shape index (κ1) is 13.1. The van der Waals surface area contributed by atoms with Crippen LogP contribution < -0.4 is 4.90 Å². The van der Waals surface area contributed by atoms with Crippen molar-refractivity contribution < 1.29 is 9.21 Å². The number of carbonyl (C=O) groups excluding carboxylic acids is 1. The predicted molar refractivity (Wildman–Crippen MR) is 72.7 cm³/mol. The Morgan fingerprint density at radius 1 is 1.61 bits per heavy atom. The summed E-state index contributed by atoms with van der Waals surface area (Å²) in [6.07, 6.45) is 1.67. The molecule has 6 heteroatoms. The van der Waals surface area contributed by atoms with Gasteiger partial charge >= 0.3 is 0 Å². The Labute approximate surface area is 114 Å². The van der Waals surface area contributed by atoms with E-state index < -0.39 is 0 Å². The number of halogens is 1. The second-order valence-electron chi connectivity index (χ2n) is 3.93. The van der Waals surface area contributed by atoms with E-state index in [1.54, 1.807) is 11.6 Å². The predicted octanol–water partition coefficient (Wildman–Crippen LogP) is 3.10. The highest BCUT2D eigenvalue weighted by Gasteiger charge is 2.13. The highest BCUT2D eigenvalue weighted by molar-refractivity contribution is 7.13. The van der Waals surface area contributed by atoms with Crippen molar-refractivity contribution in [1.82, 2.24) is 4.98 Å². The molecule has 2 rings (SSSR count). The summed E-state index contributed by atoms with van der Waals surface area (Å²) in [6, 6.07) is 1.93. The van der Waals surface area contributed by atoms with Gasteiger partial charge in [0.05, 0.1) is 12.1 Å². The molecule has 0 aliphatic heterocycles. The monoisotopic (exact) mass is 284 g/mol. The summed E-state index contributed by atoms with van der Waals surface area (Å²) in [5.74, 6) is 0.718. The molecule has 0 radical (unpaired) electrons. The first-order valence-electron chi connectivity index (χ1n) is 5.40. The molecule has 4 nitrogen and oxygen atoms in total. The third-order valence-electron chi connectivity index (χ3n) is 2.60. The maximum Gasteiger partial charge on any atom is 0.196 e. The maximum absolute atomic E-state index is 11.4. The van der Waals surface area contributed by atoms with Crippen LogP contribution in [0.25, 0.3) is 0 Å². The zero-order chi connectivity index (χ0) is 13.1. The lowest BCUT2D eigenvalue weighted by Crippen LogP contribution is -2.16. The van der Waals surface area contributed by atoms with Crippen LogP contribution in [0.2, 0.25) is 0 Å². The van der Waals surface area contributed by atoms with E-state index in [0.29, 0.717) is 12.2 Å². The van der Waals surface area contributed by atoms with E-state index in [9.17, 15) is 4.79 Å². The molecule has 2 aromatic heterocycles. The van der Waals surface area contributed by atoms with Gasteiger partial charge < -0.3 is 9.32 Å². The van der Waals surface area contributed by atoms with Crippen LogP contribution >= 0.6 is 22.9 Å². The average molecular weight is 285 g/mol. The number of thiazole rings is 1. The molecule has 0 unspecified atom stereocenters. The number of alkyl halides is 1. The van der Waals surface area contributed by atoms with Gasteiger partial charge in [-0.25, -0.2) is 4.98 Å². The van der Waals surface area contributed by atoms with Crippen molar-refractivity contribution in [1.29, 1.82) is 0 Å². The van der Waals surface area contributed by atoms with Crippen LogP contribution in [0.3, 0.4) is 0 Å². The molecule has 96 valence electrons. The molecule has 2 aromatic rings. The van der Waals surface area contributed by atoms with Crippen LogP contribution in [0, 0.1) is 6.92 Å². The molecular formula is C12H13ClN2O2S. The normalized spacial score (nSPS) is 10.6. The zero-order valence-corrected chi connectivity index (χ0v) is 11.7. The van der Waals surface area contributed by atoms with Gasteiger partial charge in [0.25, 0.3) is 0 Å². The van der Waals surface area contributed by atoms with Crippen molar-refractivity contribution in [3.05, 3.63) is 34.7 Å². The van der Waals surface area contributed by atoms with E-state index in [0.717, 1.165) is 16.5 Å². The standard InChI is InChI=1S/C12H13ClN2O2S/c1-8-9(3-4-17-8)6-15(2)12-14-10(7-18-12)11(16)5-13/h3-4,7H,5-6H2,1-2H3. The minimum absolute atomic E-state index is 0.0340. The number of ketones is 1. The Hall–Kier alpha value is -1.33. The van der Waals surface area contributed by atoms with E-state index >= 15 is 0 Å². The van der Waals surface area contributed by atoms with Crippen molar-refractivity contribution in [3.63, 3.8) is 0 Å². The topological polar surface area (TPSA) is 46.3 Å². The Morgan fingerprint density at radius 3 is 3.00 bits per heavy atom. The number of nitrogens with zero attached hydrogens (tertiary/aromatic N) is 2. The van der Waals surface area contributed by atoms with Crippen LogP contribution in [0.1, 0.15) is 21.8 Å². The van der Waals surface area contributed by atoms with Crippen LogP contribution in [-0.4, -0.2) is 23.7 Å². The molecule has 0 fully saturated rings. The summed E-state index contributed by atoms with van der Waals surface area (Å²) in [5.41, 5.74) is 1.54. The van der Waals surface area contributed by atoms with Crippen molar-refractivity contribution in [3.8, 4) is 0 Å². The molecule has 0 amide bonds. The number of hydrogen-bond donors (Lipinski definition) is 0. The van der Waals surface area contributed by atoms with Gasteiger partial charge in [0.1, 0.15) is 11.5 Å². The van der Waals surface area contributed by atoms with Gasteiger partial charge in [0.15, 0.2) is 10.9 Å². The molecule has 0 bridgehead atoms. The van der Waals surface area contributed by atoms with Crippen LogP contribution in [0.5, 0.6) is 0 Å². The lowest BCUT2D eigenvalue weighted by molar-refractivity contribution is 0.101. The molecule has 0 saturated carbocycles. The summed E-state index contributed by atoms with van der Waals surface area (Å²) in [7, 11) is 1.93. The van der Waals surface area contributed by atoms with E-state index in [1.807, 2.05) is 24.9 Å². The molecule has 18 heavy (non-hydrogen) atoms. The van der Waals surface area contributed by atoms with Gasteiger partial charge in [-0.1, -0.05) is 0 Å². The number of carbonyl (C=O) groups is 1. The third kappa shape index (κ3) is 2.73. The molecular weight excluding hydrogens is 272 g/mol. The number of anilines is 1. The number of aromatic nitrogens is 1. The first-order chi connectivity index (χ1) is 8.61. The molecule has 0 atom stereocenters. The smallest absolute Gasteiger partial charge is 0.196 e. The summed E-state index contributed by atoms with van der Waals surface area (Å²) in [6.45, 7) is 2.62. The van der Waals surface area contributed by atoms with Crippen molar-refractivity contribution >= 4 is 33.9 Å². The number of aryl methyl sites for hydroxylation is 1. The molecule has 0 aromatic carbocycles. The van der Waals surface area contributed by atoms with Crippen molar-refractivity contribution in [2.45, 2.75) is 13.5 Å². The highest BCUT2D eigenvalue weighted by atomic mass is 35.5. The van der Waals surface area contributed by atoms with Gasteiger partial charge in [-0.15, -0.1) is 22.9 Å². The quantitative estimate of drug-likeness (QED) is 0.625. The Kier molecular flexibility index (Phi) is 4.04. The van der Waals surface area contributed by atoms with Crippen molar-refractivity contribution in [2.24, 2.45) is 0 Å². The SMILES string of the molecule is Cc1occc1CN(C)c1nc(C(=O)CCl)cs1. The van der Waals surface area contributed by atoms with Gasteiger partial charge in [0.2, 0.25) is 0 Å². The lowest BCUT2D eigenvalue weighted by atomic mass is 10.2. The summed E-state index contributed by atoms with van der Waals surface area (Å²) >= 11 is 6.93. The molecule has 0 aliphatic rings. The number of furan rings is 1. The summed E-state index contributed by atoms with van der Waals surface area (Å²) in [4.78, 5) is 17.6. The lowest BCUT2D eigenvalue weighted by Gasteiger charge is -2.14. The fourth-order valence-corrected chi connectivity index (χ4v) is 2.47. The number of hydrogen-bond acceptors (Lipinski definition) is 5. The molecule has 0 aliphatic carbocycles. The van der Waals surface area contributed by atoms with Crippen LogP contribution in [0.15, 0.2) is 22.1 Å². The Morgan fingerprint density at radius 2 is 2.39 bits per heavy atom. The molecule has 0 saturated heterocycles. The van der Waals surface area contributed by atoms with Gasteiger partial charge in [-0.3, -0.25) is 4.79 Å².